The standard InChI is InChI=1S/C18H23Si.3ClH.Ti/c1-2-8-17-16-12-7-6-9-14(16)13-18(17)19-15-10-4-3-5-11-15;;;;/h3-7,10-12,14,18H,2,8-9,13,19H2,1H3;3*1H;/q-1;;;;+4/p-3. The number of rotatable bonds is 4. The number of hydrogen-bond donors (Lipinski definition) is 0. The molecule has 0 aliphatic heterocycles. The third-order valence-corrected chi connectivity index (χ3v) is 6.81. The van der Waals surface area contributed by atoms with Gasteiger partial charge in [-0.25, -0.2) is 17.6 Å². The Balaban J connectivity index is 0. The van der Waals surface area contributed by atoms with Crippen molar-refractivity contribution in [3.05, 3.63) is 60.1 Å². The van der Waals surface area contributed by atoms with Crippen molar-refractivity contribution < 1.29 is 58.9 Å². The van der Waals surface area contributed by atoms with E-state index in [4.69, 9.17) is 0 Å². The van der Waals surface area contributed by atoms with Gasteiger partial charge < -0.3 is 37.2 Å². The van der Waals surface area contributed by atoms with Gasteiger partial charge in [-0.05, 0) is 12.3 Å². The first-order chi connectivity index (χ1) is 9.38. The van der Waals surface area contributed by atoms with Crippen molar-refractivity contribution in [3.63, 3.8) is 0 Å². The van der Waals surface area contributed by atoms with E-state index in [1.165, 1.54) is 25.7 Å². The fourth-order valence-corrected chi connectivity index (χ4v) is 6.08. The number of fused-ring (bicyclic) bond motifs is 1. The molecular weight excluding hydrogens is 399 g/mol. The molecule has 2 aliphatic rings. The minimum atomic E-state index is -0.163. The molecule has 0 heterocycles. The van der Waals surface area contributed by atoms with Gasteiger partial charge >= 0.3 is 21.7 Å². The maximum Gasteiger partial charge on any atom is 4.00 e. The Morgan fingerprint density at radius 1 is 1.13 bits per heavy atom. The van der Waals surface area contributed by atoms with Crippen LogP contribution in [0.15, 0.2) is 54.1 Å². The molecule has 1 aromatic rings. The van der Waals surface area contributed by atoms with Crippen molar-refractivity contribution in [1.82, 2.24) is 0 Å². The Bertz CT molecular complexity index is 490. The third kappa shape index (κ3) is 6.31. The predicted molar refractivity (Wildman–Crippen MR) is 86.5 cm³/mol. The molecule has 0 amide bonds. The van der Waals surface area contributed by atoms with E-state index in [1.807, 2.05) is 5.92 Å². The van der Waals surface area contributed by atoms with E-state index in [0.717, 1.165) is 11.5 Å². The molecule has 5 heteroatoms. The summed E-state index contributed by atoms with van der Waals surface area (Å²) in [5.41, 5.74) is 2.62. The Labute approximate surface area is 176 Å². The summed E-state index contributed by atoms with van der Waals surface area (Å²) in [5.74, 6) is 2.65. The van der Waals surface area contributed by atoms with Crippen LogP contribution in [0.3, 0.4) is 0 Å². The third-order valence-electron chi connectivity index (χ3n) is 4.55. The van der Waals surface area contributed by atoms with E-state index in [2.05, 4.69) is 55.5 Å². The summed E-state index contributed by atoms with van der Waals surface area (Å²) in [6, 6.07) is 11.2. The Morgan fingerprint density at radius 2 is 1.83 bits per heavy atom. The Hall–Kier alpha value is 0.371. The summed E-state index contributed by atoms with van der Waals surface area (Å²) in [6.07, 6.45) is 12.3. The van der Waals surface area contributed by atoms with E-state index < -0.39 is 0 Å². The smallest absolute Gasteiger partial charge is 1.00 e. The molecule has 124 valence electrons. The fraction of sp³-hybridized carbons (Fsp3) is 0.389. The van der Waals surface area contributed by atoms with Gasteiger partial charge in [0.15, 0.2) is 0 Å². The molecule has 0 aromatic heterocycles. The molecule has 0 radical (unpaired) electrons. The van der Waals surface area contributed by atoms with Crippen molar-refractivity contribution in [1.29, 1.82) is 0 Å². The molecule has 1 fully saturated rings. The van der Waals surface area contributed by atoms with E-state index >= 15 is 0 Å². The molecule has 1 aromatic carbocycles. The van der Waals surface area contributed by atoms with Gasteiger partial charge in [0.1, 0.15) is 0 Å². The molecule has 0 spiro atoms. The zero-order valence-corrected chi connectivity index (χ0v) is 18.7. The maximum absolute atomic E-state index is 2.40. The van der Waals surface area contributed by atoms with E-state index in [1.54, 1.807) is 10.8 Å². The molecule has 2 aliphatic carbocycles. The minimum absolute atomic E-state index is 0. The zero-order chi connectivity index (χ0) is 13.1. The second kappa shape index (κ2) is 12.7. The van der Waals surface area contributed by atoms with Gasteiger partial charge in [-0.15, -0.1) is 12.2 Å². The van der Waals surface area contributed by atoms with Gasteiger partial charge in [0.05, 0.1) is 0 Å². The monoisotopic (exact) mass is 420 g/mol. The average Bonchev–Trinajstić information content (AvgIpc) is 2.79. The van der Waals surface area contributed by atoms with Crippen LogP contribution in [0.2, 0.25) is 5.54 Å². The number of benzene rings is 1. The van der Waals surface area contributed by atoms with Crippen molar-refractivity contribution in [3.8, 4) is 0 Å². The minimum Gasteiger partial charge on any atom is -1.00 e. The first-order valence-corrected chi connectivity index (χ1v) is 9.17. The van der Waals surface area contributed by atoms with Crippen LogP contribution in [0, 0.1) is 11.8 Å². The molecule has 23 heavy (non-hydrogen) atoms. The molecule has 2 atom stereocenters. The quantitative estimate of drug-likeness (QED) is 0.336. The molecule has 3 rings (SSSR count). The zero-order valence-electron chi connectivity index (χ0n) is 13.4. The Kier molecular flexibility index (Phi) is 14.1. The van der Waals surface area contributed by atoms with Gasteiger partial charge in [-0.2, -0.15) is 0 Å². The second-order valence-corrected chi connectivity index (χ2v) is 8.09. The molecular formula is C18H23Cl3SiTi. The summed E-state index contributed by atoms with van der Waals surface area (Å²) in [5, 5.41) is 1.63. The number of halogens is 3. The van der Waals surface area contributed by atoms with Gasteiger partial charge in [-0.3, -0.25) is 0 Å². The van der Waals surface area contributed by atoms with Crippen LogP contribution >= 0.6 is 0 Å². The van der Waals surface area contributed by atoms with Crippen LogP contribution in [0.1, 0.15) is 32.6 Å². The summed E-state index contributed by atoms with van der Waals surface area (Å²) < 4.78 is 0. The Morgan fingerprint density at radius 3 is 2.48 bits per heavy atom. The van der Waals surface area contributed by atoms with Crippen LogP contribution in [-0.2, 0) is 21.7 Å². The van der Waals surface area contributed by atoms with Gasteiger partial charge in [0.2, 0.25) is 0 Å². The number of allylic oxidation sites excluding steroid dienone is 4. The van der Waals surface area contributed by atoms with E-state index in [9.17, 15) is 0 Å². The fourth-order valence-electron chi connectivity index (χ4n) is 3.71. The predicted octanol–water partition coefficient (Wildman–Crippen LogP) is -5.44. The van der Waals surface area contributed by atoms with E-state index in [0.29, 0.717) is 0 Å². The maximum atomic E-state index is 2.40. The van der Waals surface area contributed by atoms with Crippen molar-refractivity contribution in [2.75, 3.05) is 0 Å². The normalized spacial score (nSPS) is 21.4. The first-order valence-electron chi connectivity index (χ1n) is 7.65. The van der Waals surface area contributed by atoms with Crippen LogP contribution in [0.5, 0.6) is 0 Å². The summed E-state index contributed by atoms with van der Waals surface area (Å²) in [7, 11) is -0.163. The van der Waals surface area contributed by atoms with Crippen molar-refractivity contribution in [2.24, 2.45) is 5.92 Å². The summed E-state index contributed by atoms with van der Waals surface area (Å²) >= 11 is 0. The molecule has 2 unspecified atom stereocenters. The van der Waals surface area contributed by atoms with Crippen LogP contribution in [0.25, 0.3) is 0 Å². The van der Waals surface area contributed by atoms with Crippen molar-refractivity contribution in [2.45, 2.75) is 38.1 Å². The molecule has 0 N–H and O–H groups in total. The van der Waals surface area contributed by atoms with Gasteiger partial charge in [0, 0.05) is 9.52 Å². The van der Waals surface area contributed by atoms with Crippen LogP contribution < -0.4 is 42.4 Å². The van der Waals surface area contributed by atoms with Crippen molar-refractivity contribution >= 4 is 14.7 Å². The van der Waals surface area contributed by atoms with Crippen LogP contribution in [-0.4, -0.2) is 9.52 Å². The number of hydrogen-bond acceptors (Lipinski definition) is 0. The topological polar surface area (TPSA) is 0 Å². The molecule has 1 saturated carbocycles. The van der Waals surface area contributed by atoms with E-state index in [-0.39, 0.29) is 68.5 Å². The molecule has 0 bridgehead atoms. The van der Waals surface area contributed by atoms with Crippen LogP contribution in [0.4, 0.5) is 0 Å². The van der Waals surface area contributed by atoms with Gasteiger partial charge in [0.25, 0.3) is 0 Å². The molecule has 0 saturated heterocycles. The average molecular weight is 422 g/mol. The first kappa shape index (κ1) is 25.6. The van der Waals surface area contributed by atoms with Gasteiger partial charge in [-0.1, -0.05) is 67.2 Å². The SMILES string of the molecule is CCC[C-]1C2=CC=CCC2CC1[SiH2]c1ccccc1.[Cl-].[Cl-].[Cl-].[Ti+4]. The molecule has 0 nitrogen and oxygen atoms in total. The summed E-state index contributed by atoms with van der Waals surface area (Å²) in [6.45, 7) is 2.32. The largest absolute Gasteiger partial charge is 4.00 e. The summed E-state index contributed by atoms with van der Waals surface area (Å²) in [4.78, 5) is 0. The second-order valence-electron chi connectivity index (χ2n) is 5.88.